The van der Waals surface area contributed by atoms with Crippen LogP contribution in [-0.2, 0) is 20.2 Å². The summed E-state index contributed by atoms with van der Waals surface area (Å²) >= 11 is 0. The highest BCUT2D eigenvalue weighted by molar-refractivity contribution is 7.86. The molecule has 2 N–H and O–H groups in total. The predicted molar refractivity (Wildman–Crippen MR) is 87.0 cm³/mol. The molecule has 0 unspecified atom stereocenters. The summed E-state index contributed by atoms with van der Waals surface area (Å²) in [4.78, 5) is 3.52. The molecule has 0 fully saturated rings. The lowest BCUT2D eigenvalue weighted by Gasteiger charge is -2.01. The quantitative estimate of drug-likeness (QED) is 0.658. The van der Waals surface area contributed by atoms with Crippen molar-refractivity contribution in [2.24, 2.45) is 0 Å². The van der Waals surface area contributed by atoms with Crippen LogP contribution in [0.2, 0.25) is 0 Å². The Balaban J connectivity index is 1.96. The van der Waals surface area contributed by atoms with Crippen molar-refractivity contribution in [2.45, 2.75) is 9.79 Å². The van der Waals surface area contributed by atoms with Gasteiger partial charge in [-0.25, -0.2) is 4.98 Å². The van der Waals surface area contributed by atoms with E-state index in [1.165, 1.54) is 48.7 Å². The van der Waals surface area contributed by atoms with Gasteiger partial charge in [0.15, 0.2) is 5.76 Å². The summed E-state index contributed by atoms with van der Waals surface area (Å²) in [6.07, 6.45) is 1.37. The third kappa shape index (κ3) is 3.77. The van der Waals surface area contributed by atoms with Gasteiger partial charge in [-0.15, -0.1) is 0 Å². The first kappa shape index (κ1) is 17.3. The lowest BCUT2D eigenvalue weighted by atomic mass is 10.2. The van der Waals surface area contributed by atoms with E-state index in [0.29, 0.717) is 11.1 Å². The normalized spacial score (nSPS) is 12.2. The molecule has 1 aromatic heterocycles. The molecule has 0 amide bonds. The molecule has 0 aliphatic rings. The molecule has 0 bridgehead atoms. The summed E-state index contributed by atoms with van der Waals surface area (Å²) in [6.45, 7) is 0. The van der Waals surface area contributed by atoms with Gasteiger partial charge in [-0.2, -0.15) is 16.8 Å². The maximum Gasteiger partial charge on any atom is 0.294 e. The molecule has 10 heteroatoms. The van der Waals surface area contributed by atoms with Crippen LogP contribution in [0.1, 0.15) is 0 Å². The van der Waals surface area contributed by atoms with Crippen LogP contribution in [0.3, 0.4) is 0 Å². The average molecular weight is 381 g/mol. The Morgan fingerprint density at radius 2 is 1.44 bits per heavy atom. The molecular weight excluding hydrogens is 370 g/mol. The molecule has 0 aliphatic heterocycles. The van der Waals surface area contributed by atoms with Gasteiger partial charge in [0.25, 0.3) is 20.2 Å². The topological polar surface area (TPSA) is 135 Å². The van der Waals surface area contributed by atoms with E-state index >= 15 is 0 Å². The van der Waals surface area contributed by atoms with Crippen molar-refractivity contribution < 1.29 is 30.4 Å². The van der Waals surface area contributed by atoms with Crippen molar-refractivity contribution in [1.29, 1.82) is 0 Å². The Bertz CT molecular complexity index is 1130. The maximum absolute atomic E-state index is 11.2. The summed E-state index contributed by atoms with van der Waals surface area (Å²) in [6, 6.07) is 10.7. The second-order valence-corrected chi connectivity index (χ2v) is 7.88. The van der Waals surface area contributed by atoms with Gasteiger partial charge in [0, 0.05) is 11.1 Å². The van der Waals surface area contributed by atoms with Crippen LogP contribution in [0.5, 0.6) is 0 Å². The fraction of sp³-hybridized carbons (Fsp3) is 0. The van der Waals surface area contributed by atoms with E-state index in [0.717, 1.165) is 0 Å². The Kier molecular flexibility index (Phi) is 4.21. The van der Waals surface area contributed by atoms with E-state index in [1.54, 1.807) is 6.07 Å². The second-order valence-electron chi connectivity index (χ2n) is 5.03. The van der Waals surface area contributed by atoms with Crippen molar-refractivity contribution in [3.63, 3.8) is 0 Å². The molecule has 2 aromatic carbocycles. The lowest BCUT2D eigenvalue weighted by Crippen LogP contribution is -1.97. The largest absolute Gasteiger partial charge is 0.436 e. The highest BCUT2D eigenvalue weighted by Gasteiger charge is 2.14. The third-order valence-electron chi connectivity index (χ3n) is 3.32. The van der Waals surface area contributed by atoms with Crippen molar-refractivity contribution in [3.05, 3.63) is 54.7 Å². The van der Waals surface area contributed by atoms with Gasteiger partial charge in [0.2, 0.25) is 5.89 Å². The zero-order chi connectivity index (χ0) is 18.2. The number of nitrogens with zero attached hydrogens (tertiary/aromatic N) is 1. The molecule has 1 heterocycles. The van der Waals surface area contributed by atoms with Gasteiger partial charge < -0.3 is 4.42 Å². The van der Waals surface area contributed by atoms with Crippen molar-refractivity contribution in [2.75, 3.05) is 0 Å². The Morgan fingerprint density at radius 1 is 0.800 bits per heavy atom. The Hall–Kier alpha value is -2.53. The highest BCUT2D eigenvalue weighted by Crippen LogP contribution is 2.28. The van der Waals surface area contributed by atoms with Crippen molar-refractivity contribution >= 4 is 20.2 Å². The van der Waals surface area contributed by atoms with Gasteiger partial charge in [-0.1, -0.05) is 12.1 Å². The van der Waals surface area contributed by atoms with E-state index in [4.69, 9.17) is 13.5 Å². The third-order valence-corrected chi connectivity index (χ3v) is 5.04. The first-order chi connectivity index (χ1) is 11.6. The summed E-state index contributed by atoms with van der Waals surface area (Å²) in [5, 5.41) is 0. The lowest BCUT2D eigenvalue weighted by molar-refractivity contribution is 0.481. The number of oxazole rings is 1. The zero-order valence-electron chi connectivity index (χ0n) is 12.4. The van der Waals surface area contributed by atoms with Gasteiger partial charge in [-0.3, -0.25) is 9.11 Å². The monoisotopic (exact) mass is 381 g/mol. The molecular formula is C15H11NO7S2. The fourth-order valence-electron chi connectivity index (χ4n) is 2.12. The number of hydrogen-bond donors (Lipinski definition) is 2. The molecule has 3 aromatic rings. The number of hydrogen-bond acceptors (Lipinski definition) is 6. The molecule has 0 saturated heterocycles. The molecule has 0 spiro atoms. The molecule has 8 nitrogen and oxygen atoms in total. The molecule has 0 atom stereocenters. The summed E-state index contributed by atoms with van der Waals surface area (Å²) < 4.78 is 68.1. The minimum Gasteiger partial charge on any atom is -0.436 e. The summed E-state index contributed by atoms with van der Waals surface area (Å²) in [5.41, 5.74) is 0.855. The molecule has 0 aliphatic carbocycles. The van der Waals surface area contributed by atoms with Crippen molar-refractivity contribution in [1.82, 2.24) is 4.98 Å². The van der Waals surface area contributed by atoms with E-state index in [1.807, 2.05) is 0 Å². The standard InChI is InChI=1S/C15H11NO7S2/c17-24(18,19)12-6-4-10(5-7-12)15-16-9-14(23-15)11-2-1-3-13(8-11)25(20,21)22/h1-9H,(H,17,18,19)(H,20,21,22). The van der Waals surface area contributed by atoms with E-state index < -0.39 is 20.2 Å². The number of benzene rings is 2. The van der Waals surface area contributed by atoms with Crippen LogP contribution in [0.4, 0.5) is 0 Å². The van der Waals surface area contributed by atoms with Crippen LogP contribution in [0.15, 0.2) is 68.9 Å². The van der Waals surface area contributed by atoms with E-state index in [2.05, 4.69) is 4.98 Å². The minimum atomic E-state index is -4.34. The number of rotatable bonds is 4. The predicted octanol–water partition coefficient (Wildman–Crippen LogP) is 2.50. The molecule has 130 valence electrons. The molecule has 3 rings (SSSR count). The first-order valence-electron chi connectivity index (χ1n) is 6.76. The Labute approximate surface area is 143 Å². The van der Waals surface area contributed by atoms with Gasteiger partial charge in [0.1, 0.15) is 0 Å². The minimum absolute atomic E-state index is 0.175. The SMILES string of the molecule is O=S(=O)(O)c1ccc(-c2ncc(-c3cccc(S(=O)(=O)O)c3)o2)cc1. The van der Waals surface area contributed by atoms with Crippen molar-refractivity contribution in [3.8, 4) is 22.8 Å². The van der Waals surface area contributed by atoms with E-state index in [9.17, 15) is 16.8 Å². The number of aromatic nitrogens is 1. The summed E-state index contributed by atoms with van der Waals surface area (Å²) in [7, 11) is -8.63. The van der Waals surface area contributed by atoms with E-state index in [-0.39, 0.29) is 21.4 Å². The highest BCUT2D eigenvalue weighted by atomic mass is 32.2. The fourth-order valence-corrected chi connectivity index (χ4v) is 3.13. The molecule has 0 saturated carbocycles. The van der Waals surface area contributed by atoms with Crippen LogP contribution < -0.4 is 0 Å². The van der Waals surface area contributed by atoms with Crippen LogP contribution in [0.25, 0.3) is 22.8 Å². The van der Waals surface area contributed by atoms with Gasteiger partial charge >= 0.3 is 0 Å². The van der Waals surface area contributed by atoms with Gasteiger partial charge in [-0.05, 0) is 36.4 Å². The van der Waals surface area contributed by atoms with Crippen LogP contribution >= 0.6 is 0 Å². The average Bonchev–Trinajstić information content (AvgIpc) is 3.03. The summed E-state index contributed by atoms with van der Waals surface area (Å²) in [5.74, 6) is 0.438. The first-order valence-corrected chi connectivity index (χ1v) is 9.64. The smallest absolute Gasteiger partial charge is 0.294 e. The van der Waals surface area contributed by atoms with Crippen LogP contribution in [-0.4, -0.2) is 30.9 Å². The van der Waals surface area contributed by atoms with Gasteiger partial charge in [0.05, 0.1) is 16.0 Å². The second kappa shape index (κ2) is 6.08. The molecule has 0 radical (unpaired) electrons. The van der Waals surface area contributed by atoms with Crippen LogP contribution in [0, 0.1) is 0 Å². The zero-order valence-corrected chi connectivity index (χ0v) is 14.0. The molecule has 25 heavy (non-hydrogen) atoms. The Morgan fingerprint density at radius 3 is 2.04 bits per heavy atom. The maximum atomic E-state index is 11.2.